The normalized spacial score (nSPS) is 11.2. The van der Waals surface area contributed by atoms with Gasteiger partial charge in [-0.3, -0.25) is 9.59 Å². The Bertz CT molecular complexity index is 269. The number of esters is 2. The molecule has 1 N–H and O–H groups in total. The molecule has 0 aliphatic carbocycles. The summed E-state index contributed by atoms with van der Waals surface area (Å²) in [6.45, 7) is 3.16. The summed E-state index contributed by atoms with van der Waals surface area (Å²) in [4.78, 5) is 22.9. The van der Waals surface area contributed by atoms with Crippen molar-refractivity contribution >= 4 is 11.9 Å². The fourth-order valence-electron chi connectivity index (χ4n) is 1.46. The molecule has 0 unspecified atom stereocenters. The first-order chi connectivity index (χ1) is 9.47. The number of carbonyl (C=O) groups excluding carboxylic acids is 2. The Morgan fingerprint density at radius 2 is 1.40 bits per heavy atom. The molecule has 6 heteroatoms. The van der Waals surface area contributed by atoms with Crippen molar-refractivity contribution < 1.29 is 28.6 Å². The lowest BCUT2D eigenvalue weighted by molar-refractivity contribution is -0.156. The molecule has 0 heterocycles. The van der Waals surface area contributed by atoms with E-state index in [9.17, 15) is 19.1 Å². The number of hydrogen-bond donors (Lipinski definition) is 1. The van der Waals surface area contributed by atoms with Crippen molar-refractivity contribution in [2.75, 3.05) is 19.9 Å². The van der Waals surface area contributed by atoms with Crippen LogP contribution in [-0.2, 0) is 19.1 Å². The number of rotatable bonds is 11. The third kappa shape index (κ3) is 8.85. The van der Waals surface area contributed by atoms with Gasteiger partial charge in [-0.05, 0) is 12.8 Å². The van der Waals surface area contributed by atoms with Gasteiger partial charge in [-0.1, -0.05) is 26.7 Å². The highest BCUT2D eigenvalue weighted by Crippen LogP contribution is 2.18. The van der Waals surface area contributed by atoms with Crippen molar-refractivity contribution in [3.63, 3.8) is 0 Å². The van der Waals surface area contributed by atoms with Crippen molar-refractivity contribution in [1.82, 2.24) is 0 Å². The molecule has 0 radical (unpaired) electrons. The first-order valence-corrected chi connectivity index (χ1v) is 7.07. The van der Waals surface area contributed by atoms with E-state index in [1.807, 2.05) is 13.8 Å². The predicted octanol–water partition coefficient (Wildman–Crippen LogP) is 2.15. The quantitative estimate of drug-likeness (QED) is 0.466. The molecule has 0 bridgehead atoms. The summed E-state index contributed by atoms with van der Waals surface area (Å²) in [6.07, 6.45) is 2.05. The average Bonchev–Trinajstić information content (AvgIpc) is 2.39. The van der Waals surface area contributed by atoms with Crippen molar-refractivity contribution in [1.29, 1.82) is 0 Å². The largest absolute Gasteiger partial charge is 0.466 e. The zero-order valence-corrected chi connectivity index (χ0v) is 12.3. The Morgan fingerprint density at radius 1 is 1.00 bits per heavy atom. The summed E-state index contributed by atoms with van der Waals surface area (Å²) in [5.41, 5.74) is -2.04. The van der Waals surface area contributed by atoms with E-state index in [-0.39, 0.29) is 13.2 Å². The SMILES string of the molecule is CCCCOC(=O)CC(O)(CF)CC(=O)OCCCC. The van der Waals surface area contributed by atoms with Gasteiger partial charge in [-0.2, -0.15) is 0 Å². The second-order valence-corrected chi connectivity index (χ2v) is 4.86. The van der Waals surface area contributed by atoms with Gasteiger partial charge in [0, 0.05) is 0 Å². The predicted molar refractivity (Wildman–Crippen MR) is 71.9 cm³/mol. The summed E-state index contributed by atoms with van der Waals surface area (Å²) in [6, 6.07) is 0. The number of carbonyl (C=O) groups is 2. The van der Waals surface area contributed by atoms with Crippen LogP contribution in [0.2, 0.25) is 0 Å². The highest BCUT2D eigenvalue weighted by atomic mass is 19.1. The Morgan fingerprint density at radius 3 is 1.70 bits per heavy atom. The lowest BCUT2D eigenvalue weighted by Crippen LogP contribution is -2.38. The van der Waals surface area contributed by atoms with Gasteiger partial charge < -0.3 is 14.6 Å². The Kier molecular flexibility index (Phi) is 9.98. The molecule has 0 saturated heterocycles. The average molecular weight is 292 g/mol. The van der Waals surface area contributed by atoms with Gasteiger partial charge in [0.25, 0.3) is 0 Å². The van der Waals surface area contributed by atoms with Gasteiger partial charge in [0.15, 0.2) is 0 Å². The van der Waals surface area contributed by atoms with Gasteiger partial charge in [-0.15, -0.1) is 0 Å². The lowest BCUT2D eigenvalue weighted by Gasteiger charge is -2.22. The number of halogens is 1. The van der Waals surface area contributed by atoms with Gasteiger partial charge in [0.1, 0.15) is 12.3 Å². The maximum Gasteiger partial charge on any atom is 0.308 e. The van der Waals surface area contributed by atoms with Gasteiger partial charge in [0.2, 0.25) is 0 Å². The summed E-state index contributed by atoms with van der Waals surface area (Å²) >= 11 is 0. The summed E-state index contributed by atoms with van der Waals surface area (Å²) in [5.74, 6) is -1.42. The van der Waals surface area contributed by atoms with Gasteiger partial charge in [-0.25, -0.2) is 4.39 Å². The standard InChI is InChI=1S/C14H25FO5/c1-3-5-7-19-12(16)9-14(18,11-15)10-13(17)20-8-6-4-2/h18H,3-11H2,1-2H3. The van der Waals surface area contributed by atoms with E-state index in [2.05, 4.69) is 0 Å². The number of unbranched alkanes of at least 4 members (excludes halogenated alkanes) is 2. The fraction of sp³-hybridized carbons (Fsp3) is 0.857. The second kappa shape index (κ2) is 10.6. The number of hydrogen-bond acceptors (Lipinski definition) is 5. The highest BCUT2D eigenvalue weighted by Gasteiger charge is 2.34. The zero-order valence-electron chi connectivity index (χ0n) is 12.3. The minimum absolute atomic E-state index is 0.235. The molecule has 0 fully saturated rings. The first-order valence-electron chi connectivity index (χ1n) is 7.07. The molecule has 0 amide bonds. The fourth-order valence-corrected chi connectivity index (χ4v) is 1.46. The molecule has 0 spiro atoms. The first kappa shape index (κ1) is 18.8. The van der Waals surface area contributed by atoms with Crippen LogP contribution in [0.1, 0.15) is 52.4 Å². The maximum absolute atomic E-state index is 12.9. The van der Waals surface area contributed by atoms with E-state index in [1.165, 1.54) is 0 Å². The Labute approximate surface area is 119 Å². The van der Waals surface area contributed by atoms with E-state index in [4.69, 9.17) is 9.47 Å². The number of ether oxygens (including phenoxy) is 2. The van der Waals surface area contributed by atoms with Crippen LogP contribution in [-0.4, -0.2) is 42.5 Å². The van der Waals surface area contributed by atoms with Crippen LogP contribution < -0.4 is 0 Å². The second-order valence-electron chi connectivity index (χ2n) is 4.86. The number of alkyl halides is 1. The van der Waals surface area contributed by atoms with Crippen LogP contribution in [0.15, 0.2) is 0 Å². The molecule has 20 heavy (non-hydrogen) atoms. The van der Waals surface area contributed by atoms with Crippen molar-refractivity contribution in [2.45, 2.75) is 58.0 Å². The van der Waals surface area contributed by atoms with E-state index in [0.29, 0.717) is 12.8 Å². The van der Waals surface area contributed by atoms with Gasteiger partial charge in [0.05, 0.1) is 26.1 Å². The zero-order chi connectivity index (χ0) is 15.4. The third-order valence-electron chi connectivity index (χ3n) is 2.72. The molecule has 5 nitrogen and oxygen atoms in total. The van der Waals surface area contributed by atoms with E-state index in [0.717, 1.165) is 12.8 Å². The van der Waals surface area contributed by atoms with Crippen molar-refractivity contribution in [2.24, 2.45) is 0 Å². The molecule has 118 valence electrons. The summed E-state index contributed by atoms with van der Waals surface area (Å²) in [5, 5.41) is 9.90. The van der Waals surface area contributed by atoms with Crippen LogP contribution in [0.4, 0.5) is 4.39 Å². The summed E-state index contributed by atoms with van der Waals surface area (Å²) < 4.78 is 22.6. The number of aliphatic hydroxyl groups is 1. The van der Waals surface area contributed by atoms with Crippen molar-refractivity contribution in [3.8, 4) is 0 Å². The minimum Gasteiger partial charge on any atom is -0.466 e. The van der Waals surface area contributed by atoms with E-state index >= 15 is 0 Å². The van der Waals surface area contributed by atoms with Crippen molar-refractivity contribution in [3.05, 3.63) is 0 Å². The van der Waals surface area contributed by atoms with E-state index in [1.54, 1.807) is 0 Å². The molecule has 0 aromatic carbocycles. The smallest absolute Gasteiger partial charge is 0.308 e. The monoisotopic (exact) mass is 292 g/mol. The molecule has 0 saturated carbocycles. The third-order valence-corrected chi connectivity index (χ3v) is 2.72. The lowest BCUT2D eigenvalue weighted by atomic mass is 9.97. The Hall–Kier alpha value is -1.17. The highest BCUT2D eigenvalue weighted by molar-refractivity contribution is 5.75. The molecule has 0 rings (SSSR count). The van der Waals surface area contributed by atoms with Crippen LogP contribution in [0, 0.1) is 0 Å². The van der Waals surface area contributed by atoms with E-state index < -0.39 is 37.1 Å². The molecule has 0 aliphatic rings. The molecule has 0 aromatic rings. The van der Waals surface area contributed by atoms with Crippen LogP contribution in [0.5, 0.6) is 0 Å². The van der Waals surface area contributed by atoms with Crippen LogP contribution in [0.25, 0.3) is 0 Å². The maximum atomic E-state index is 12.9. The molecule has 0 atom stereocenters. The van der Waals surface area contributed by atoms with Crippen LogP contribution in [0.3, 0.4) is 0 Å². The molecular weight excluding hydrogens is 267 g/mol. The molecule has 0 aliphatic heterocycles. The minimum atomic E-state index is -2.04. The summed E-state index contributed by atoms with van der Waals surface area (Å²) in [7, 11) is 0. The van der Waals surface area contributed by atoms with Crippen LogP contribution >= 0.6 is 0 Å². The van der Waals surface area contributed by atoms with Gasteiger partial charge >= 0.3 is 11.9 Å². The topological polar surface area (TPSA) is 72.8 Å². The molecular formula is C14H25FO5. The molecule has 0 aromatic heterocycles. The Balaban J connectivity index is 4.17.